The molecule has 0 aliphatic heterocycles. The molecule has 3 aromatic heterocycles. The molecular formula is C25H21N3. The first kappa shape index (κ1) is 17.8. The van der Waals surface area contributed by atoms with Gasteiger partial charge in [0.1, 0.15) is 0 Å². The van der Waals surface area contributed by atoms with Crippen molar-refractivity contribution in [3.63, 3.8) is 0 Å². The highest BCUT2D eigenvalue weighted by atomic mass is 14.7. The van der Waals surface area contributed by atoms with Gasteiger partial charge in [-0.15, -0.1) is 0 Å². The zero-order chi connectivity index (χ0) is 19.3. The highest BCUT2D eigenvalue weighted by Crippen LogP contribution is 2.24. The first-order chi connectivity index (χ1) is 13.7. The molecule has 2 aromatic carbocycles. The van der Waals surface area contributed by atoms with Crippen LogP contribution in [0.3, 0.4) is 0 Å². The molecule has 0 fully saturated rings. The van der Waals surface area contributed by atoms with E-state index in [1.165, 1.54) is 27.5 Å². The van der Waals surface area contributed by atoms with Crippen molar-refractivity contribution in [3.8, 4) is 11.1 Å². The lowest BCUT2D eigenvalue weighted by Gasteiger charge is -2.06. The molecule has 5 rings (SSSR count). The summed E-state index contributed by atoms with van der Waals surface area (Å²) in [6.45, 7) is 4.15. The Morgan fingerprint density at radius 2 is 1.39 bits per heavy atom. The number of para-hydroxylation sites is 1. The fourth-order valence-corrected chi connectivity index (χ4v) is 3.12. The molecule has 0 N–H and O–H groups in total. The Balaban J connectivity index is 0.000000162. The maximum Gasteiger partial charge on any atom is 0.0705 e. The summed E-state index contributed by atoms with van der Waals surface area (Å²) in [4.78, 5) is 12.8. The number of rotatable bonds is 1. The first-order valence-electron chi connectivity index (χ1n) is 9.29. The van der Waals surface area contributed by atoms with Crippen LogP contribution in [0.2, 0.25) is 0 Å². The van der Waals surface area contributed by atoms with Crippen LogP contribution in [-0.2, 0) is 0 Å². The third-order valence-corrected chi connectivity index (χ3v) is 4.78. The van der Waals surface area contributed by atoms with E-state index in [4.69, 9.17) is 0 Å². The van der Waals surface area contributed by atoms with Gasteiger partial charge in [-0.2, -0.15) is 0 Å². The van der Waals surface area contributed by atoms with Gasteiger partial charge in [-0.3, -0.25) is 15.0 Å². The normalized spacial score (nSPS) is 10.5. The lowest BCUT2D eigenvalue weighted by molar-refractivity contribution is 1.20. The zero-order valence-corrected chi connectivity index (χ0v) is 16.0. The Morgan fingerprint density at radius 3 is 2.21 bits per heavy atom. The van der Waals surface area contributed by atoms with E-state index >= 15 is 0 Å². The lowest BCUT2D eigenvalue weighted by atomic mass is 10.0. The Morgan fingerprint density at radius 1 is 0.607 bits per heavy atom. The number of pyridine rings is 3. The van der Waals surface area contributed by atoms with Crippen molar-refractivity contribution in [2.24, 2.45) is 0 Å². The SMILES string of the molecule is Cc1cc2cc(-c3ccncc3)ccc2nc1C.c1ccc2ncccc2c1. The molecule has 0 spiro atoms. The summed E-state index contributed by atoms with van der Waals surface area (Å²) in [7, 11) is 0. The maximum atomic E-state index is 4.60. The molecule has 3 nitrogen and oxygen atoms in total. The topological polar surface area (TPSA) is 38.7 Å². The second kappa shape index (κ2) is 7.97. The van der Waals surface area contributed by atoms with Gasteiger partial charge in [-0.1, -0.05) is 30.3 Å². The number of hydrogen-bond donors (Lipinski definition) is 0. The smallest absolute Gasteiger partial charge is 0.0705 e. The van der Waals surface area contributed by atoms with E-state index in [1.807, 2.05) is 61.9 Å². The number of aromatic nitrogens is 3. The largest absolute Gasteiger partial charge is 0.265 e. The zero-order valence-electron chi connectivity index (χ0n) is 16.0. The minimum Gasteiger partial charge on any atom is -0.265 e. The lowest BCUT2D eigenvalue weighted by Crippen LogP contribution is -1.88. The van der Waals surface area contributed by atoms with Crippen molar-refractivity contribution in [3.05, 3.63) is 103 Å². The molecule has 5 aromatic rings. The molecule has 0 saturated carbocycles. The molecule has 28 heavy (non-hydrogen) atoms. The van der Waals surface area contributed by atoms with Gasteiger partial charge < -0.3 is 0 Å². The predicted molar refractivity (Wildman–Crippen MR) is 116 cm³/mol. The average Bonchev–Trinajstić information content (AvgIpc) is 2.75. The van der Waals surface area contributed by atoms with Crippen LogP contribution in [0.4, 0.5) is 0 Å². The molecule has 3 heteroatoms. The second-order valence-corrected chi connectivity index (χ2v) is 6.73. The Labute approximate surface area is 164 Å². The van der Waals surface area contributed by atoms with Crippen molar-refractivity contribution < 1.29 is 0 Å². The van der Waals surface area contributed by atoms with Crippen LogP contribution in [0.15, 0.2) is 91.4 Å². The maximum absolute atomic E-state index is 4.60. The van der Waals surface area contributed by atoms with E-state index in [0.29, 0.717) is 0 Å². The monoisotopic (exact) mass is 363 g/mol. The molecule has 0 bridgehead atoms. The second-order valence-electron chi connectivity index (χ2n) is 6.73. The predicted octanol–water partition coefficient (Wildman–Crippen LogP) is 6.15. The first-order valence-corrected chi connectivity index (χ1v) is 9.29. The molecule has 0 aliphatic rings. The third-order valence-electron chi connectivity index (χ3n) is 4.78. The van der Waals surface area contributed by atoms with Crippen molar-refractivity contribution in [2.75, 3.05) is 0 Å². The van der Waals surface area contributed by atoms with Gasteiger partial charge in [0.05, 0.1) is 11.0 Å². The quantitative estimate of drug-likeness (QED) is 0.358. The van der Waals surface area contributed by atoms with Gasteiger partial charge in [-0.25, -0.2) is 0 Å². The summed E-state index contributed by atoms with van der Waals surface area (Å²) in [6, 6.07) is 24.7. The minimum atomic E-state index is 1.05. The minimum absolute atomic E-state index is 1.05. The van der Waals surface area contributed by atoms with Crippen LogP contribution in [0, 0.1) is 13.8 Å². The number of nitrogens with zero attached hydrogens (tertiary/aromatic N) is 3. The van der Waals surface area contributed by atoms with Gasteiger partial charge in [0.25, 0.3) is 0 Å². The van der Waals surface area contributed by atoms with Gasteiger partial charge in [0, 0.05) is 35.1 Å². The summed E-state index contributed by atoms with van der Waals surface area (Å²) in [5.74, 6) is 0. The van der Waals surface area contributed by atoms with Crippen LogP contribution < -0.4 is 0 Å². The van der Waals surface area contributed by atoms with Gasteiger partial charge in [0.15, 0.2) is 0 Å². The van der Waals surface area contributed by atoms with E-state index in [-0.39, 0.29) is 0 Å². The molecule has 136 valence electrons. The van der Waals surface area contributed by atoms with Crippen LogP contribution in [0.25, 0.3) is 32.9 Å². The standard InChI is InChI=1S/C16H14N2.C9H7N/c1-11-9-15-10-14(13-5-7-17-8-6-13)3-4-16(15)18-12(11)2;1-2-6-9-8(4-1)5-3-7-10-9/h3-10H,1-2H3;1-7H. The number of aryl methyl sites for hydroxylation is 2. The molecular weight excluding hydrogens is 342 g/mol. The van der Waals surface area contributed by atoms with E-state index in [1.54, 1.807) is 0 Å². The summed E-state index contributed by atoms with van der Waals surface area (Å²) in [6.07, 6.45) is 5.44. The van der Waals surface area contributed by atoms with Crippen LogP contribution in [0.1, 0.15) is 11.3 Å². The van der Waals surface area contributed by atoms with Crippen molar-refractivity contribution >= 4 is 21.8 Å². The summed E-state index contributed by atoms with van der Waals surface area (Å²) < 4.78 is 0. The summed E-state index contributed by atoms with van der Waals surface area (Å²) in [5.41, 5.74) is 6.83. The number of hydrogen-bond acceptors (Lipinski definition) is 3. The van der Waals surface area contributed by atoms with Gasteiger partial charge in [0.2, 0.25) is 0 Å². The van der Waals surface area contributed by atoms with E-state index < -0.39 is 0 Å². The highest BCUT2D eigenvalue weighted by Gasteiger charge is 2.02. The van der Waals surface area contributed by atoms with Crippen molar-refractivity contribution in [1.29, 1.82) is 0 Å². The van der Waals surface area contributed by atoms with E-state index in [0.717, 1.165) is 16.7 Å². The average molecular weight is 363 g/mol. The molecule has 3 heterocycles. The highest BCUT2D eigenvalue weighted by molar-refractivity contribution is 5.85. The Kier molecular flexibility index (Phi) is 5.07. The number of benzene rings is 2. The molecule has 0 saturated heterocycles. The fraction of sp³-hybridized carbons (Fsp3) is 0.0800. The Bertz CT molecular complexity index is 1170. The van der Waals surface area contributed by atoms with E-state index in [2.05, 4.69) is 58.3 Å². The van der Waals surface area contributed by atoms with E-state index in [9.17, 15) is 0 Å². The number of fused-ring (bicyclic) bond motifs is 2. The van der Waals surface area contributed by atoms with Crippen molar-refractivity contribution in [1.82, 2.24) is 15.0 Å². The Hall–Kier alpha value is -3.59. The van der Waals surface area contributed by atoms with Crippen LogP contribution in [-0.4, -0.2) is 15.0 Å². The van der Waals surface area contributed by atoms with Crippen LogP contribution in [0.5, 0.6) is 0 Å². The third kappa shape index (κ3) is 3.89. The summed E-state index contributed by atoms with van der Waals surface area (Å²) in [5, 5.41) is 2.39. The molecule has 0 atom stereocenters. The summed E-state index contributed by atoms with van der Waals surface area (Å²) >= 11 is 0. The van der Waals surface area contributed by atoms with Crippen molar-refractivity contribution in [2.45, 2.75) is 13.8 Å². The molecule has 0 radical (unpaired) electrons. The van der Waals surface area contributed by atoms with Gasteiger partial charge in [-0.05, 0) is 73.0 Å². The molecule has 0 aliphatic carbocycles. The molecule has 0 amide bonds. The van der Waals surface area contributed by atoms with Gasteiger partial charge >= 0.3 is 0 Å². The fourth-order valence-electron chi connectivity index (χ4n) is 3.12. The molecule has 0 unspecified atom stereocenters. The van der Waals surface area contributed by atoms with Crippen LogP contribution >= 0.6 is 0 Å².